The molecule has 1 unspecified atom stereocenters. The lowest BCUT2D eigenvalue weighted by Crippen LogP contribution is -2.31. The Kier molecular flexibility index (Phi) is 3.04. The summed E-state index contributed by atoms with van der Waals surface area (Å²) in [5.74, 6) is 0. The Morgan fingerprint density at radius 2 is 1.92 bits per heavy atom. The van der Waals surface area contributed by atoms with E-state index < -0.39 is 4.87 Å². The van der Waals surface area contributed by atoms with Crippen molar-refractivity contribution in [1.82, 2.24) is 0 Å². The first-order valence-electron chi connectivity index (χ1n) is 3.73. The number of benzene rings is 1. The summed E-state index contributed by atoms with van der Waals surface area (Å²) in [6, 6.07) is 7.64. The maximum Gasteiger partial charge on any atom is 0.0602 e. The Morgan fingerprint density at radius 1 is 1.42 bits per heavy atom. The van der Waals surface area contributed by atoms with E-state index in [-0.39, 0.29) is 0 Å². The third-order valence-electron chi connectivity index (χ3n) is 1.48. The smallest absolute Gasteiger partial charge is 0.0602 e. The zero-order chi connectivity index (χ0) is 9.19. The van der Waals surface area contributed by atoms with Crippen molar-refractivity contribution in [3.63, 3.8) is 0 Å². The summed E-state index contributed by atoms with van der Waals surface area (Å²) in [6.45, 7) is 1.88. The normalized spacial score (nSPS) is 15.7. The van der Waals surface area contributed by atoms with Crippen LogP contribution < -0.4 is 5.73 Å². The second-order valence-corrected chi connectivity index (χ2v) is 4.62. The topological polar surface area (TPSA) is 26.0 Å². The van der Waals surface area contributed by atoms with Gasteiger partial charge in [-0.05, 0) is 31.0 Å². The van der Waals surface area contributed by atoms with Crippen molar-refractivity contribution in [2.45, 2.75) is 18.2 Å². The Morgan fingerprint density at radius 3 is 2.33 bits per heavy atom. The van der Waals surface area contributed by atoms with Crippen LogP contribution in [0, 0.1) is 0 Å². The van der Waals surface area contributed by atoms with E-state index >= 15 is 0 Å². The van der Waals surface area contributed by atoms with Crippen LogP contribution in [0.1, 0.15) is 12.5 Å². The number of rotatable bonds is 2. The SMILES string of the molecule is CC(N)(S)Cc1ccc(Cl)cc1. The van der Waals surface area contributed by atoms with Gasteiger partial charge >= 0.3 is 0 Å². The molecule has 0 spiro atoms. The summed E-state index contributed by atoms with van der Waals surface area (Å²) in [5.41, 5.74) is 6.89. The van der Waals surface area contributed by atoms with Crippen molar-refractivity contribution < 1.29 is 0 Å². The molecule has 0 aliphatic carbocycles. The van der Waals surface area contributed by atoms with Crippen LogP contribution in [0.25, 0.3) is 0 Å². The quantitative estimate of drug-likeness (QED) is 0.558. The van der Waals surface area contributed by atoms with Gasteiger partial charge in [-0.3, -0.25) is 0 Å². The van der Waals surface area contributed by atoms with Crippen molar-refractivity contribution >= 4 is 24.2 Å². The lowest BCUT2D eigenvalue weighted by atomic mass is 10.1. The van der Waals surface area contributed by atoms with Gasteiger partial charge in [0.05, 0.1) is 4.87 Å². The molecule has 0 fully saturated rings. The zero-order valence-corrected chi connectivity index (χ0v) is 8.57. The predicted molar refractivity (Wildman–Crippen MR) is 56.7 cm³/mol. The highest BCUT2D eigenvalue weighted by atomic mass is 35.5. The standard InChI is InChI=1S/C9H12ClNS/c1-9(11,12)6-7-2-4-8(10)5-3-7/h2-5,12H,6,11H2,1H3. The highest BCUT2D eigenvalue weighted by Gasteiger charge is 2.11. The third kappa shape index (κ3) is 3.48. The molecule has 1 atom stereocenters. The van der Waals surface area contributed by atoms with E-state index in [0.717, 1.165) is 17.0 Å². The zero-order valence-electron chi connectivity index (χ0n) is 6.92. The molecule has 0 aliphatic rings. The summed E-state index contributed by atoms with van der Waals surface area (Å²) >= 11 is 9.97. The maximum absolute atomic E-state index is 5.74. The molecule has 0 amide bonds. The van der Waals surface area contributed by atoms with Crippen LogP contribution in [0.5, 0.6) is 0 Å². The lowest BCUT2D eigenvalue weighted by Gasteiger charge is -2.16. The number of hydrogen-bond acceptors (Lipinski definition) is 2. The monoisotopic (exact) mass is 201 g/mol. The Hall–Kier alpha value is -0.180. The predicted octanol–water partition coefficient (Wildman–Crippen LogP) is 2.49. The molecule has 0 aromatic heterocycles. The van der Waals surface area contributed by atoms with E-state index in [2.05, 4.69) is 12.6 Å². The van der Waals surface area contributed by atoms with Crippen LogP contribution >= 0.6 is 24.2 Å². The fraction of sp³-hybridized carbons (Fsp3) is 0.333. The fourth-order valence-electron chi connectivity index (χ4n) is 1.02. The molecule has 0 radical (unpaired) electrons. The molecule has 0 saturated heterocycles. The molecule has 12 heavy (non-hydrogen) atoms. The van der Waals surface area contributed by atoms with Crippen molar-refractivity contribution in [2.24, 2.45) is 5.73 Å². The molecule has 1 aromatic carbocycles. The van der Waals surface area contributed by atoms with Crippen LogP contribution in [-0.4, -0.2) is 4.87 Å². The third-order valence-corrected chi connectivity index (χ3v) is 1.89. The molecule has 1 aromatic rings. The summed E-state index contributed by atoms with van der Waals surface area (Å²) in [4.78, 5) is -0.451. The van der Waals surface area contributed by atoms with E-state index in [0.29, 0.717) is 0 Å². The number of halogens is 1. The minimum atomic E-state index is -0.451. The van der Waals surface area contributed by atoms with Crippen LogP contribution in [0.3, 0.4) is 0 Å². The van der Waals surface area contributed by atoms with Gasteiger partial charge in [0.2, 0.25) is 0 Å². The fourth-order valence-corrected chi connectivity index (χ4v) is 1.32. The van der Waals surface area contributed by atoms with Gasteiger partial charge in [0.15, 0.2) is 0 Å². The van der Waals surface area contributed by atoms with Gasteiger partial charge in [-0.15, -0.1) is 0 Å². The van der Waals surface area contributed by atoms with Crippen molar-refractivity contribution in [3.05, 3.63) is 34.9 Å². The number of thiol groups is 1. The van der Waals surface area contributed by atoms with Gasteiger partial charge in [-0.2, -0.15) is 12.6 Å². The van der Waals surface area contributed by atoms with Gasteiger partial charge < -0.3 is 5.73 Å². The molecule has 0 heterocycles. The number of nitrogens with two attached hydrogens (primary N) is 1. The number of hydrogen-bond donors (Lipinski definition) is 2. The Balaban J connectivity index is 2.71. The minimum Gasteiger partial charge on any atom is -0.317 e. The first-order valence-corrected chi connectivity index (χ1v) is 4.55. The van der Waals surface area contributed by atoms with Crippen LogP contribution in [-0.2, 0) is 6.42 Å². The molecular formula is C9H12ClNS. The summed E-state index contributed by atoms with van der Waals surface area (Å²) in [7, 11) is 0. The second kappa shape index (κ2) is 3.69. The molecular weight excluding hydrogens is 190 g/mol. The van der Waals surface area contributed by atoms with Gasteiger partial charge in [0, 0.05) is 5.02 Å². The van der Waals surface area contributed by atoms with Crippen LogP contribution in [0.2, 0.25) is 5.02 Å². The van der Waals surface area contributed by atoms with E-state index in [9.17, 15) is 0 Å². The van der Waals surface area contributed by atoms with E-state index in [1.165, 1.54) is 0 Å². The van der Waals surface area contributed by atoms with Gasteiger partial charge in [-0.1, -0.05) is 23.7 Å². The highest BCUT2D eigenvalue weighted by Crippen LogP contribution is 2.16. The van der Waals surface area contributed by atoms with Crippen molar-refractivity contribution in [3.8, 4) is 0 Å². The first kappa shape index (κ1) is 9.90. The molecule has 1 rings (SSSR count). The maximum atomic E-state index is 5.74. The molecule has 0 aliphatic heterocycles. The Bertz CT molecular complexity index is 250. The Labute approximate surface area is 83.3 Å². The van der Waals surface area contributed by atoms with Crippen LogP contribution in [0.15, 0.2) is 24.3 Å². The molecule has 66 valence electrons. The second-order valence-electron chi connectivity index (χ2n) is 3.16. The summed E-state index contributed by atoms with van der Waals surface area (Å²) < 4.78 is 0. The summed E-state index contributed by atoms with van der Waals surface area (Å²) in [5, 5.41) is 0.747. The van der Waals surface area contributed by atoms with Crippen molar-refractivity contribution in [1.29, 1.82) is 0 Å². The van der Waals surface area contributed by atoms with Gasteiger partial charge in [-0.25, -0.2) is 0 Å². The van der Waals surface area contributed by atoms with Crippen LogP contribution in [0.4, 0.5) is 0 Å². The molecule has 2 N–H and O–H groups in total. The average Bonchev–Trinajstić information content (AvgIpc) is 1.91. The van der Waals surface area contributed by atoms with E-state index in [4.69, 9.17) is 17.3 Å². The van der Waals surface area contributed by atoms with E-state index in [1.54, 1.807) is 0 Å². The average molecular weight is 202 g/mol. The van der Waals surface area contributed by atoms with Crippen molar-refractivity contribution in [2.75, 3.05) is 0 Å². The van der Waals surface area contributed by atoms with Gasteiger partial charge in [0.25, 0.3) is 0 Å². The molecule has 3 heteroatoms. The van der Waals surface area contributed by atoms with Gasteiger partial charge in [0.1, 0.15) is 0 Å². The minimum absolute atomic E-state index is 0.451. The molecule has 0 bridgehead atoms. The molecule has 1 nitrogen and oxygen atoms in total. The highest BCUT2D eigenvalue weighted by molar-refractivity contribution is 7.81. The van der Waals surface area contributed by atoms with E-state index in [1.807, 2.05) is 31.2 Å². The largest absolute Gasteiger partial charge is 0.317 e. The first-order chi connectivity index (χ1) is 5.47. The lowest BCUT2D eigenvalue weighted by molar-refractivity contribution is 0.679. The summed E-state index contributed by atoms with van der Waals surface area (Å²) in [6.07, 6.45) is 0.743. The molecule has 0 saturated carbocycles.